The van der Waals surface area contributed by atoms with Crippen LogP contribution in [-0.4, -0.2) is 49.4 Å². The van der Waals surface area contributed by atoms with Crippen molar-refractivity contribution < 1.29 is 31.0 Å². The zero-order chi connectivity index (χ0) is 33.3. The first-order valence-corrected chi connectivity index (χ1v) is 16.1. The topological polar surface area (TPSA) is 114 Å². The van der Waals surface area contributed by atoms with E-state index in [0.717, 1.165) is 25.7 Å². The fourth-order valence-electron chi connectivity index (χ4n) is 5.90. The van der Waals surface area contributed by atoms with E-state index in [1.54, 1.807) is 43.0 Å². The molecule has 2 aliphatic rings. The lowest BCUT2D eigenvalue weighted by atomic mass is 9.94. The van der Waals surface area contributed by atoms with Gasteiger partial charge in [0, 0.05) is 30.1 Å². The van der Waals surface area contributed by atoms with E-state index < -0.39 is 28.4 Å². The van der Waals surface area contributed by atoms with Crippen LogP contribution in [0.25, 0.3) is 11.1 Å². The van der Waals surface area contributed by atoms with Gasteiger partial charge < -0.3 is 9.26 Å². The van der Waals surface area contributed by atoms with Crippen molar-refractivity contribution in [2.75, 3.05) is 18.4 Å². The van der Waals surface area contributed by atoms with Gasteiger partial charge in [-0.25, -0.2) is 12.8 Å². The first-order valence-electron chi connectivity index (χ1n) is 16.2. The normalized spacial score (nSPS) is 17.7. The van der Waals surface area contributed by atoms with Crippen molar-refractivity contribution in [2.45, 2.75) is 89.1 Å². The molecule has 0 bridgehead atoms. The van der Waals surface area contributed by atoms with Crippen LogP contribution in [0.5, 0.6) is 0 Å². The zero-order valence-electron chi connectivity index (χ0n) is 27.7. The number of halogens is 1. The Morgan fingerprint density at radius 1 is 1.14 bits per heavy atom. The lowest BCUT2D eigenvalue weighted by molar-refractivity contribution is -0.131. The molecule has 1 saturated carbocycles. The molecule has 230 valence electrons. The summed E-state index contributed by atoms with van der Waals surface area (Å²) in [7, 11) is -6.87. The summed E-state index contributed by atoms with van der Waals surface area (Å²) in [5.41, 5.74) is 0.880. The minimum absolute atomic E-state index is 0.0380. The molecular formula is C32H39FN4O5S. The van der Waals surface area contributed by atoms with Gasteiger partial charge in [-0.1, -0.05) is 55.6 Å². The highest BCUT2D eigenvalue weighted by Crippen LogP contribution is 2.41. The number of nitrogens with one attached hydrogen (secondary N) is 1. The highest BCUT2D eigenvalue weighted by Gasteiger charge is 2.49. The third-order valence-corrected chi connectivity index (χ3v) is 9.81. The first kappa shape index (κ1) is 27.0. The van der Waals surface area contributed by atoms with Crippen LogP contribution < -0.4 is 4.72 Å². The molecule has 0 unspecified atom stereocenters. The average Bonchev–Trinajstić information content (AvgIpc) is 3.67. The number of carbonyl (C=O) groups is 1. The van der Waals surface area contributed by atoms with E-state index in [0.29, 0.717) is 42.0 Å². The first-order chi connectivity index (χ1) is 21.7. The van der Waals surface area contributed by atoms with Crippen molar-refractivity contribution in [3.05, 3.63) is 64.7 Å². The van der Waals surface area contributed by atoms with Crippen LogP contribution in [0.15, 0.2) is 50.8 Å². The summed E-state index contributed by atoms with van der Waals surface area (Å²) in [5, 5.41) is 3.80. The number of rotatable bonds is 12. The standard InChI is InChI=1S/C32H39FN4O5S/c1-5-6-13-29-34-32(15-9-10-16-32)31(38)37(29)20-24-18-23(14-17-41-4)26(19-27(24)33)25-11-7-8-12-28(25)43(39,40)36-30-21(2)22(3)42-35-30/h7-8,11-12,18-19H,5-6,9-10,13-17,20H2,1-4H3,(H,35,36)/i4D3. The van der Waals surface area contributed by atoms with Crippen molar-refractivity contribution in [1.82, 2.24) is 10.1 Å². The van der Waals surface area contributed by atoms with Crippen molar-refractivity contribution in [3.63, 3.8) is 0 Å². The third kappa shape index (κ3) is 6.10. The second-order valence-corrected chi connectivity index (χ2v) is 12.9. The molecule has 0 saturated heterocycles. The molecule has 1 N–H and O–H groups in total. The van der Waals surface area contributed by atoms with Gasteiger partial charge in [-0.2, -0.15) is 0 Å². The number of hydrogen-bond donors (Lipinski definition) is 1. The molecule has 2 heterocycles. The molecule has 1 aliphatic heterocycles. The molecule has 11 heteroatoms. The second kappa shape index (κ2) is 12.6. The van der Waals surface area contributed by atoms with E-state index in [-0.39, 0.29) is 52.9 Å². The smallest absolute Gasteiger partial charge is 0.263 e. The Hall–Kier alpha value is -3.57. The number of nitrogens with zero attached hydrogens (tertiary/aromatic N) is 3. The minimum Gasteiger partial charge on any atom is -0.384 e. The molecule has 5 rings (SSSR count). The maximum Gasteiger partial charge on any atom is 0.263 e. The Kier molecular flexibility index (Phi) is 7.90. The summed E-state index contributed by atoms with van der Waals surface area (Å²) >= 11 is 0. The maximum absolute atomic E-state index is 16.1. The summed E-state index contributed by atoms with van der Waals surface area (Å²) in [6.07, 6.45) is 5.56. The molecule has 0 atom stereocenters. The van der Waals surface area contributed by atoms with E-state index in [9.17, 15) is 13.2 Å². The molecule has 9 nitrogen and oxygen atoms in total. The molecule has 3 aromatic rings. The van der Waals surface area contributed by atoms with Crippen molar-refractivity contribution >= 4 is 27.6 Å². The van der Waals surface area contributed by atoms with Crippen LogP contribution in [0.4, 0.5) is 10.2 Å². The Bertz CT molecular complexity index is 1750. The molecule has 0 radical (unpaired) electrons. The zero-order valence-corrected chi connectivity index (χ0v) is 25.5. The summed E-state index contributed by atoms with van der Waals surface area (Å²) in [4.78, 5) is 20.1. The van der Waals surface area contributed by atoms with Gasteiger partial charge in [0.05, 0.1) is 22.2 Å². The van der Waals surface area contributed by atoms with Crippen LogP contribution in [0, 0.1) is 19.7 Å². The van der Waals surface area contributed by atoms with Crippen LogP contribution in [0.2, 0.25) is 0 Å². The van der Waals surface area contributed by atoms with E-state index in [1.807, 2.05) is 0 Å². The highest BCUT2D eigenvalue weighted by atomic mass is 32.2. The fourth-order valence-corrected chi connectivity index (χ4v) is 7.18. The largest absolute Gasteiger partial charge is 0.384 e. The predicted octanol–water partition coefficient (Wildman–Crippen LogP) is 6.33. The van der Waals surface area contributed by atoms with Gasteiger partial charge in [0.1, 0.15) is 23.0 Å². The van der Waals surface area contributed by atoms with Gasteiger partial charge in [0.15, 0.2) is 5.82 Å². The lowest BCUT2D eigenvalue weighted by Crippen LogP contribution is -2.40. The Morgan fingerprint density at radius 2 is 1.91 bits per heavy atom. The van der Waals surface area contributed by atoms with Gasteiger partial charge in [-0.05, 0) is 62.8 Å². The van der Waals surface area contributed by atoms with Crippen LogP contribution in [0.1, 0.15) is 78.4 Å². The molecule has 1 spiro atoms. The van der Waals surface area contributed by atoms with Crippen molar-refractivity contribution in [1.29, 1.82) is 0 Å². The van der Waals surface area contributed by atoms with E-state index in [4.69, 9.17) is 18.4 Å². The van der Waals surface area contributed by atoms with E-state index in [2.05, 4.69) is 16.8 Å². The minimum atomic E-state index is -4.22. The molecule has 1 aromatic heterocycles. The summed E-state index contributed by atoms with van der Waals surface area (Å²) in [6, 6.07) is 8.95. The predicted molar refractivity (Wildman–Crippen MR) is 163 cm³/mol. The second-order valence-electron chi connectivity index (χ2n) is 11.3. The molecule has 2 aromatic carbocycles. The lowest BCUT2D eigenvalue weighted by Gasteiger charge is -2.24. The number of amidine groups is 1. The number of sulfonamides is 1. The molecular weight excluding hydrogens is 571 g/mol. The number of aliphatic imine (C=N–C) groups is 1. The summed E-state index contributed by atoms with van der Waals surface area (Å²) < 4.78 is 78.3. The van der Waals surface area contributed by atoms with Crippen LogP contribution in [-0.2, 0) is 32.5 Å². The van der Waals surface area contributed by atoms with Gasteiger partial charge in [-0.15, -0.1) is 0 Å². The van der Waals surface area contributed by atoms with Gasteiger partial charge in [0.2, 0.25) is 0 Å². The molecule has 1 fully saturated rings. The van der Waals surface area contributed by atoms with Crippen molar-refractivity contribution in [3.8, 4) is 11.1 Å². The Labute approximate surface area is 256 Å². The number of hydrogen-bond acceptors (Lipinski definition) is 7. The quantitative estimate of drug-likeness (QED) is 0.255. The third-order valence-electron chi connectivity index (χ3n) is 8.41. The fraction of sp³-hybridized carbons (Fsp3) is 0.469. The number of amides is 1. The SMILES string of the molecule is [2H]C([2H])([2H])OCCc1cc(CN2C(=O)C3(CCCC3)N=C2CCCC)c(F)cc1-c1ccccc1S(=O)(=O)Nc1noc(C)c1C. The van der Waals surface area contributed by atoms with Gasteiger partial charge in [-0.3, -0.25) is 19.4 Å². The number of carbonyl (C=O) groups excluding carboxylic acids is 1. The molecule has 1 aliphatic carbocycles. The molecule has 43 heavy (non-hydrogen) atoms. The van der Waals surface area contributed by atoms with Gasteiger partial charge >= 0.3 is 0 Å². The molecule has 1 amide bonds. The van der Waals surface area contributed by atoms with E-state index >= 15 is 4.39 Å². The highest BCUT2D eigenvalue weighted by molar-refractivity contribution is 7.92. The average molecular weight is 614 g/mol. The number of anilines is 1. The maximum atomic E-state index is 16.1. The number of aryl methyl sites for hydroxylation is 1. The summed E-state index contributed by atoms with van der Waals surface area (Å²) in [6.45, 7) is 5.11. The van der Waals surface area contributed by atoms with Crippen LogP contribution >= 0.6 is 0 Å². The number of methoxy groups -OCH3 is 1. The van der Waals surface area contributed by atoms with Crippen LogP contribution in [0.3, 0.4) is 0 Å². The monoisotopic (exact) mass is 613 g/mol. The Morgan fingerprint density at radius 3 is 2.60 bits per heavy atom. The van der Waals surface area contributed by atoms with E-state index in [1.165, 1.54) is 12.1 Å². The van der Waals surface area contributed by atoms with Gasteiger partial charge in [0.25, 0.3) is 15.9 Å². The number of aromatic nitrogens is 1. The Balaban J connectivity index is 1.54. The number of unbranched alkanes of at least 4 members (excludes halogenated alkanes) is 1. The summed E-state index contributed by atoms with van der Waals surface area (Å²) in [5.74, 6) is 0.404. The number of benzene rings is 2. The van der Waals surface area contributed by atoms with Crippen molar-refractivity contribution in [2.24, 2.45) is 4.99 Å². The number of ether oxygens (including phenoxy) is 1.